The second-order valence-corrected chi connectivity index (χ2v) is 8.81. The van der Waals surface area contributed by atoms with Crippen LogP contribution in [0.1, 0.15) is 77.2 Å². The van der Waals surface area contributed by atoms with E-state index in [1.165, 1.54) is 6.92 Å². The summed E-state index contributed by atoms with van der Waals surface area (Å²) in [7, 11) is 0. The largest absolute Gasteiger partial charge is 0.490 e. The molecule has 3 aliphatic rings. The average molecular weight is 454 g/mol. The van der Waals surface area contributed by atoms with Crippen LogP contribution in [-0.2, 0) is 19.1 Å². The molecule has 1 atom stereocenters. The molecule has 1 aliphatic heterocycles. The quantitative estimate of drug-likeness (QED) is 0.502. The topological polar surface area (TPSA) is 90.9 Å². The zero-order valence-electron chi connectivity index (χ0n) is 19.5. The smallest absolute Gasteiger partial charge is 0.337 e. The summed E-state index contributed by atoms with van der Waals surface area (Å²) in [6.45, 7) is 5.41. The molecule has 1 fully saturated rings. The van der Waals surface area contributed by atoms with Crippen LogP contribution in [0.2, 0.25) is 0 Å². The van der Waals surface area contributed by atoms with Crippen molar-refractivity contribution in [3.05, 3.63) is 46.3 Å². The Morgan fingerprint density at radius 1 is 1.09 bits per heavy atom. The molecule has 1 aromatic rings. The van der Waals surface area contributed by atoms with Crippen LogP contribution in [0.5, 0.6) is 11.5 Å². The van der Waals surface area contributed by atoms with E-state index < -0.39 is 11.9 Å². The lowest BCUT2D eigenvalue weighted by atomic mass is 9.75. The molecule has 0 amide bonds. The maximum Gasteiger partial charge on any atom is 0.337 e. The van der Waals surface area contributed by atoms with E-state index in [2.05, 4.69) is 5.32 Å². The van der Waals surface area contributed by atoms with Crippen LogP contribution in [0.4, 0.5) is 0 Å². The van der Waals surface area contributed by atoms with Gasteiger partial charge in [0.15, 0.2) is 17.3 Å². The van der Waals surface area contributed by atoms with Crippen molar-refractivity contribution in [2.75, 3.05) is 6.61 Å². The molecule has 1 aromatic carbocycles. The lowest BCUT2D eigenvalue weighted by molar-refractivity contribution is -0.144. The van der Waals surface area contributed by atoms with E-state index in [0.717, 1.165) is 49.8 Å². The van der Waals surface area contributed by atoms with Crippen LogP contribution >= 0.6 is 0 Å². The Labute approximate surface area is 194 Å². The van der Waals surface area contributed by atoms with Gasteiger partial charge in [-0.3, -0.25) is 9.59 Å². The summed E-state index contributed by atoms with van der Waals surface area (Å²) < 4.78 is 16.9. The molecule has 4 rings (SSSR count). The predicted octanol–water partition coefficient (Wildman–Crippen LogP) is 4.46. The van der Waals surface area contributed by atoms with Crippen molar-refractivity contribution in [1.29, 1.82) is 0 Å². The Hall–Kier alpha value is -3.09. The number of carbonyl (C=O) groups is 3. The number of ether oxygens (including phenoxy) is 3. The van der Waals surface area contributed by atoms with Gasteiger partial charge < -0.3 is 19.5 Å². The van der Waals surface area contributed by atoms with E-state index in [1.54, 1.807) is 18.2 Å². The zero-order chi connectivity index (χ0) is 23.5. The van der Waals surface area contributed by atoms with Gasteiger partial charge in [0.2, 0.25) is 0 Å². The first kappa shape index (κ1) is 23.1. The van der Waals surface area contributed by atoms with Crippen LogP contribution in [0.25, 0.3) is 0 Å². The number of allylic oxidation sites excluding steroid dienone is 3. The van der Waals surface area contributed by atoms with Crippen molar-refractivity contribution in [2.24, 2.45) is 0 Å². The molecule has 0 aromatic heterocycles. The second kappa shape index (κ2) is 9.81. The SMILES string of the molecule is CCOc1cc(C2C(C(=O)OC3CCCC3)=C(C)NC3=C2C(=O)CCC3)ccc1OC(C)=O. The Kier molecular flexibility index (Phi) is 6.86. The van der Waals surface area contributed by atoms with Gasteiger partial charge in [0, 0.05) is 36.2 Å². The van der Waals surface area contributed by atoms with Crippen LogP contribution in [0, 0.1) is 0 Å². The highest BCUT2D eigenvalue weighted by molar-refractivity contribution is 6.03. The van der Waals surface area contributed by atoms with Gasteiger partial charge in [0.1, 0.15) is 6.10 Å². The number of benzene rings is 1. The molecule has 1 saturated carbocycles. The summed E-state index contributed by atoms with van der Waals surface area (Å²) in [4.78, 5) is 38.0. The summed E-state index contributed by atoms with van der Waals surface area (Å²) in [6, 6.07) is 5.21. The van der Waals surface area contributed by atoms with Gasteiger partial charge in [0.05, 0.1) is 12.2 Å². The molecule has 7 nitrogen and oxygen atoms in total. The van der Waals surface area contributed by atoms with Crippen LogP contribution < -0.4 is 14.8 Å². The number of rotatable bonds is 6. The summed E-state index contributed by atoms with van der Waals surface area (Å²) in [5, 5.41) is 3.32. The number of hydrogen-bond acceptors (Lipinski definition) is 7. The molecule has 1 N–H and O–H groups in total. The minimum atomic E-state index is -0.562. The van der Waals surface area contributed by atoms with Crippen LogP contribution in [-0.4, -0.2) is 30.4 Å². The fraction of sp³-hybridized carbons (Fsp3) is 0.500. The molecule has 33 heavy (non-hydrogen) atoms. The third kappa shape index (κ3) is 4.82. The third-order valence-electron chi connectivity index (χ3n) is 6.43. The maximum atomic E-state index is 13.4. The van der Waals surface area contributed by atoms with Crippen molar-refractivity contribution < 1.29 is 28.6 Å². The van der Waals surface area contributed by atoms with E-state index in [9.17, 15) is 14.4 Å². The van der Waals surface area contributed by atoms with Crippen molar-refractivity contribution >= 4 is 17.7 Å². The summed E-state index contributed by atoms with van der Waals surface area (Å²) in [5.41, 5.74) is 3.38. The molecule has 7 heteroatoms. The minimum absolute atomic E-state index is 0.0365. The third-order valence-corrected chi connectivity index (χ3v) is 6.43. The molecule has 0 bridgehead atoms. The van der Waals surface area contributed by atoms with E-state index in [1.807, 2.05) is 13.8 Å². The highest BCUT2D eigenvalue weighted by Crippen LogP contribution is 2.44. The molecular weight excluding hydrogens is 422 g/mol. The zero-order valence-corrected chi connectivity index (χ0v) is 19.5. The Morgan fingerprint density at radius 3 is 2.55 bits per heavy atom. The Bertz CT molecular complexity index is 1030. The van der Waals surface area contributed by atoms with Gasteiger partial charge >= 0.3 is 11.9 Å². The number of ketones is 1. The molecule has 0 saturated heterocycles. The summed E-state index contributed by atoms with van der Waals surface area (Å²) in [5.74, 6) is -0.654. The molecule has 1 heterocycles. The van der Waals surface area contributed by atoms with Crippen LogP contribution in [0.3, 0.4) is 0 Å². The number of hydrogen-bond donors (Lipinski definition) is 1. The van der Waals surface area contributed by atoms with Gasteiger partial charge in [0.25, 0.3) is 0 Å². The monoisotopic (exact) mass is 453 g/mol. The molecule has 176 valence electrons. The van der Waals surface area contributed by atoms with Gasteiger partial charge in [-0.05, 0) is 70.1 Å². The first-order chi connectivity index (χ1) is 15.9. The Balaban J connectivity index is 1.79. The number of dihydropyridines is 1. The van der Waals surface area contributed by atoms with E-state index >= 15 is 0 Å². The molecular formula is C26H31NO6. The molecule has 0 spiro atoms. The second-order valence-electron chi connectivity index (χ2n) is 8.81. The number of Topliss-reactive ketones (excluding diaryl/α,β-unsaturated/α-hetero) is 1. The van der Waals surface area contributed by atoms with Crippen molar-refractivity contribution in [3.8, 4) is 11.5 Å². The van der Waals surface area contributed by atoms with Crippen molar-refractivity contribution in [3.63, 3.8) is 0 Å². The van der Waals surface area contributed by atoms with Gasteiger partial charge in [-0.25, -0.2) is 4.79 Å². The standard InChI is InChI=1S/C26H31NO6/c1-4-31-22-14-17(12-13-21(22)32-16(3)28)24-23(26(30)33-18-8-5-6-9-18)15(2)27-19-10-7-11-20(29)25(19)24/h12-14,18,24,27H,4-11H2,1-3H3. The predicted molar refractivity (Wildman–Crippen MR) is 122 cm³/mol. The number of esters is 2. The number of carbonyl (C=O) groups excluding carboxylic acids is 3. The average Bonchev–Trinajstić information content (AvgIpc) is 3.27. The first-order valence-corrected chi connectivity index (χ1v) is 11.8. The maximum absolute atomic E-state index is 13.4. The number of nitrogens with one attached hydrogen (secondary N) is 1. The lowest BCUT2D eigenvalue weighted by Crippen LogP contribution is -2.35. The van der Waals surface area contributed by atoms with E-state index in [4.69, 9.17) is 14.2 Å². The lowest BCUT2D eigenvalue weighted by Gasteiger charge is -2.34. The molecule has 2 aliphatic carbocycles. The van der Waals surface area contributed by atoms with Gasteiger partial charge in [-0.2, -0.15) is 0 Å². The van der Waals surface area contributed by atoms with E-state index in [-0.39, 0.29) is 17.9 Å². The Morgan fingerprint density at radius 2 is 1.85 bits per heavy atom. The fourth-order valence-electron chi connectivity index (χ4n) is 5.02. The van der Waals surface area contributed by atoms with E-state index in [0.29, 0.717) is 41.4 Å². The normalized spacial score (nSPS) is 20.9. The van der Waals surface area contributed by atoms with Gasteiger partial charge in [-0.15, -0.1) is 0 Å². The van der Waals surface area contributed by atoms with Crippen LogP contribution in [0.15, 0.2) is 40.7 Å². The molecule has 0 radical (unpaired) electrons. The fourth-order valence-corrected chi connectivity index (χ4v) is 5.02. The minimum Gasteiger partial charge on any atom is -0.490 e. The highest BCUT2D eigenvalue weighted by Gasteiger charge is 2.40. The summed E-state index contributed by atoms with van der Waals surface area (Å²) >= 11 is 0. The summed E-state index contributed by atoms with van der Waals surface area (Å²) in [6.07, 6.45) is 5.75. The van der Waals surface area contributed by atoms with Crippen molar-refractivity contribution in [1.82, 2.24) is 5.32 Å². The van der Waals surface area contributed by atoms with Gasteiger partial charge in [-0.1, -0.05) is 6.07 Å². The highest BCUT2D eigenvalue weighted by atomic mass is 16.6. The first-order valence-electron chi connectivity index (χ1n) is 11.8. The molecule has 1 unspecified atom stereocenters. The van der Waals surface area contributed by atoms with Crippen molar-refractivity contribution in [2.45, 2.75) is 77.7 Å².